The van der Waals surface area contributed by atoms with Crippen LogP contribution in [0.4, 0.5) is 5.69 Å². The first kappa shape index (κ1) is 28.3. The van der Waals surface area contributed by atoms with E-state index in [4.69, 9.17) is 4.74 Å². The highest BCUT2D eigenvalue weighted by atomic mass is 32.2. The fourth-order valence-corrected chi connectivity index (χ4v) is 4.96. The zero-order valence-corrected chi connectivity index (χ0v) is 22.2. The number of rotatable bonds is 12. The van der Waals surface area contributed by atoms with E-state index < -0.39 is 16.0 Å². The molecule has 0 saturated heterocycles. The van der Waals surface area contributed by atoms with Gasteiger partial charge < -0.3 is 15.2 Å². The summed E-state index contributed by atoms with van der Waals surface area (Å²) >= 11 is 0. The lowest BCUT2D eigenvalue weighted by Gasteiger charge is -2.19. The summed E-state index contributed by atoms with van der Waals surface area (Å²) in [6, 6.07) is 3.78. The minimum absolute atomic E-state index is 0.0110. The molecule has 1 atom stereocenters. The Bertz CT molecular complexity index is 1170. The number of sulfonamides is 1. The van der Waals surface area contributed by atoms with E-state index >= 15 is 0 Å². The molecule has 1 heterocycles. The number of hydrogen-bond donors (Lipinski definition) is 3. The summed E-state index contributed by atoms with van der Waals surface area (Å²) in [5.41, 5.74) is 0.416. The van der Waals surface area contributed by atoms with Crippen LogP contribution in [0.15, 0.2) is 23.1 Å². The normalized spacial score (nSPS) is 12.7. The van der Waals surface area contributed by atoms with E-state index in [2.05, 4.69) is 15.1 Å². The second-order valence-electron chi connectivity index (χ2n) is 8.82. The molecule has 0 spiro atoms. The topological polar surface area (TPSA) is 140 Å². The minimum Gasteiger partial charge on any atom is -0.476 e. The molecule has 0 radical (unpaired) electrons. The smallest absolute Gasteiger partial charge is 0.356 e. The van der Waals surface area contributed by atoms with E-state index in [0.717, 1.165) is 0 Å². The number of aromatic carboxylic acids is 1. The maximum Gasteiger partial charge on any atom is 0.356 e. The van der Waals surface area contributed by atoms with Gasteiger partial charge in [0.2, 0.25) is 21.8 Å². The van der Waals surface area contributed by atoms with Crippen LogP contribution in [0, 0.1) is 12.8 Å². The van der Waals surface area contributed by atoms with Crippen LogP contribution in [0.25, 0.3) is 0 Å². The minimum atomic E-state index is -4.04. The second kappa shape index (κ2) is 11.7. The maximum absolute atomic E-state index is 13.3. The van der Waals surface area contributed by atoms with Crippen LogP contribution in [0.5, 0.6) is 11.6 Å². The van der Waals surface area contributed by atoms with Crippen LogP contribution >= 0.6 is 0 Å². The number of benzene rings is 1. The molecule has 1 aromatic heterocycles. The molecule has 1 unspecified atom stereocenters. The van der Waals surface area contributed by atoms with Gasteiger partial charge in [0.1, 0.15) is 10.6 Å². The highest BCUT2D eigenvalue weighted by Crippen LogP contribution is 2.35. The van der Waals surface area contributed by atoms with Gasteiger partial charge in [-0.1, -0.05) is 20.8 Å². The molecular weight excluding hydrogens is 472 g/mol. The number of amides is 1. The van der Waals surface area contributed by atoms with Crippen molar-refractivity contribution in [1.82, 2.24) is 14.5 Å². The van der Waals surface area contributed by atoms with Gasteiger partial charge in [-0.2, -0.15) is 5.10 Å². The van der Waals surface area contributed by atoms with Crippen LogP contribution in [-0.4, -0.2) is 41.2 Å². The molecule has 2 rings (SSSR count). The summed E-state index contributed by atoms with van der Waals surface area (Å²) in [4.78, 5) is 24.0. The number of nitrogens with zero attached hydrogens (tertiary/aromatic N) is 2. The highest BCUT2D eigenvalue weighted by Gasteiger charge is 2.27. The number of hydrogen-bond acceptors (Lipinski definition) is 6. The van der Waals surface area contributed by atoms with Gasteiger partial charge in [-0.25, -0.2) is 22.6 Å². The average molecular weight is 509 g/mol. The van der Waals surface area contributed by atoms with E-state index in [1.54, 1.807) is 19.9 Å². The van der Waals surface area contributed by atoms with Crippen molar-refractivity contribution in [3.8, 4) is 11.6 Å². The third-order valence-electron chi connectivity index (χ3n) is 5.82. The van der Waals surface area contributed by atoms with Crippen LogP contribution in [0.1, 0.15) is 82.9 Å². The standard InChI is InChI=1S/C24H36N4O6S/c1-8-15(6)27-35(32,33)20-13-18(25-22(29)17(9-2)10-3)11-12-19(20)34-23-16(7)21(24(30)31)26-28(23)14(4)5/h11-15,17,27H,8-10H2,1-7H3,(H,25,29)(H,30,31). The Morgan fingerprint density at radius 2 is 1.74 bits per heavy atom. The van der Waals surface area contributed by atoms with Crippen LogP contribution in [-0.2, 0) is 14.8 Å². The number of anilines is 1. The maximum atomic E-state index is 13.3. The van der Waals surface area contributed by atoms with Gasteiger partial charge in [0.05, 0.1) is 6.04 Å². The van der Waals surface area contributed by atoms with Crippen molar-refractivity contribution in [3.05, 3.63) is 29.5 Å². The van der Waals surface area contributed by atoms with Crippen molar-refractivity contribution in [1.29, 1.82) is 0 Å². The lowest BCUT2D eigenvalue weighted by atomic mass is 10.0. The molecule has 0 aliphatic heterocycles. The van der Waals surface area contributed by atoms with Gasteiger partial charge in [0, 0.05) is 23.2 Å². The largest absolute Gasteiger partial charge is 0.476 e. The summed E-state index contributed by atoms with van der Waals surface area (Å²) in [5, 5.41) is 16.4. The van der Waals surface area contributed by atoms with Crippen LogP contribution in [0.3, 0.4) is 0 Å². The zero-order chi connectivity index (χ0) is 26.5. The summed E-state index contributed by atoms with van der Waals surface area (Å²) in [7, 11) is -4.04. The summed E-state index contributed by atoms with van der Waals surface area (Å²) in [5.74, 6) is -1.48. The van der Waals surface area contributed by atoms with Gasteiger partial charge in [0.15, 0.2) is 5.69 Å². The Morgan fingerprint density at radius 1 is 1.11 bits per heavy atom. The Balaban J connectivity index is 2.61. The molecule has 0 aliphatic rings. The number of carbonyl (C=O) groups is 2. The van der Waals surface area contributed by atoms with E-state index in [-0.39, 0.29) is 51.7 Å². The van der Waals surface area contributed by atoms with Gasteiger partial charge in [-0.3, -0.25) is 4.79 Å². The first-order valence-electron chi connectivity index (χ1n) is 11.8. The fraction of sp³-hybridized carbons (Fsp3) is 0.542. The lowest BCUT2D eigenvalue weighted by molar-refractivity contribution is -0.120. The SMILES string of the molecule is CCC(C)NS(=O)(=O)c1cc(NC(=O)C(CC)CC)ccc1Oc1c(C)c(C(=O)O)nn1C(C)C. The van der Waals surface area contributed by atoms with Gasteiger partial charge in [0.25, 0.3) is 0 Å². The highest BCUT2D eigenvalue weighted by molar-refractivity contribution is 7.89. The molecule has 2 aromatic rings. The molecule has 35 heavy (non-hydrogen) atoms. The third kappa shape index (κ3) is 6.61. The number of nitrogens with one attached hydrogen (secondary N) is 2. The van der Waals surface area contributed by atoms with E-state index in [9.17, 15) is 23.1 Å². The van der Waals surface area contributed by atoms with Crippen LogP contribution in [0.2, 0.25) is 0 Å². The predicted molar refractivity (Wildman–Crippen MR) is 134 cm³/mol. The molecule has 0 bridgehead atoms. The van der Waals surface area contributed by atoms with Crippen LogP contribution < -0.4 is 14.8 Å². The van der Waals surface area contributed by atoms with E-state index in [1.807, 2.05) is 34.6 Å². The van der Waals surface area contributed by atoms with Crippen molar-refractivity contribution in [2.45, 2.75) is 84.7 Å². The van der Waals surface area contributed by atoms with Crippen molar-refractivity contribution in [2.75, 3.05) is 5.32 Å². The number of carbonyl (C=O) groups excluding carboxylic acids is 1. The average Bonchev–Trinajstić information content (AvgIpc) is 3.11. The molecule has 11 heteroatoms. The van der Waals surface area contributed by atoms with Gasteiger partial charge in [-0.05, 0) is 65.2 Å². The number of carboxylic acids is 1. The molecule has 3 N–H and O–H groups in total. The van der Waals surface area contributed by atoms with E-state index in [1.165, 1.54) is 16.8 Å². The monoisotopic (exact) mass is 508 g/mol. The van der Waals surface area contributed by atoms with Crippen molar-refractivity contribution < 1.29 is 27.9 Å². The van der Waals surface area contributed by atoms with Crippen molar-refractivity contribution in [3.63, 3.8) is 0 Å². The van der Waals surface area contributed by atoms with Crippen molar-refractivity contribution >= 4 is 27.6 Å². The summed E-state index contributed by atoms with van der Waals surface area (Å²) in [6.45, 7) is 12.6. The molecule has 0 fully saturated rings. The molecular formula is C24H36N4O6S. The Hall–Kier alpha value is -2.92. The Labute approximate surface area is 207 Å². The van der Waals surface area contributed by atoms with Crippen molar-refractivity contribution in [2.24, 2.45) is 5.92 Å². The first-order valence-corrected chi connectivity index (χ1v) is 13.3. The Morgan fingerprint density at radius 3 is 2.26 bits per heavy atom. The lowest BCUT2D eigenvalue weighted by Crippen LogP contribution is -2.32. The molecule has 1 aromatic carbocycles. The number of aromatic nitrogens is 2. The van der Waals surface area contributed by atoms with Gasteiger partial charge >= 0.3 is 5.97 Å². The Kier molecular flexibility index (Phi) is 9.45. The van der Waals surface area contributed by atoms with E-state index in [0.29, 0.717) is 24.9 Å². The molecule has 10 nitrogen and oxygen atoms in total. The number of ether oxygens (including phenoxy) is 1. The summed E-state index contributed by atoms with van der Waals surface area (Å²) < 4.78 is 36.6. The molecule has 1 amide bonds. The summed E-state index contributed by atoms with van der Waals surface area (Å²) in [6.07, 6.45) is 1.89. The first-order chi connectivity index (χ1) is 16.4. The zero-order valence-electron chi connectivity index (χ0n) is 21.4. The molecule has 194 valence electrons. The molecule has 0 aliphatic carbocycles. The fourth-order valence-electron chi connectivity index (χ4n) is 3.48. The predicted octanol–water partition coefficient (Wildman–Crippen LogP) is 4.71. The quantitative estimate of drug-likeness (QED) is 0.377. The third-order valence-corrected chi connectivity index (χ3v) is 7.43. The molecule has 0 saturated carbocycles. The van der Waals surface area contributed by atoms with Gasteiger partial charge in [-0.15, -0.1) is 0 Å². The number of carboxylic acid groups (broad SMARTS) is 1. The second-order valence-corrected chi connectivity index (χ2v) is 10.5.